The van der Waals surface area contributed by atoms with Gasteiger partial charge >= 0.3 is 0 Å². The molecule has 1 aromatic rings. The fraction of sp³-hybridized carbons (Fsp3) is 0.562. The standard InChI is InChI=1S/C16H23NO3/c1-4-14(16(18)17-8-10-19-11-9-17)20-15-7-5-6-12(2)13(15)3/h5-7,14H,4,8-11H2,1-3H3. The van der Waals surface area contributed by atoms with Crippen LogP contribution in [-0.2, 0) is 9.53 Å². The van der Waals surface area contributed by atoms with Gasteiger partial charge in [-0.25, -0.2) is 0 Å². The van der Waals surface area contributed by atoms with E-state index in [1.165, 1.54) is 5.56 Å². The highest BCUT2D eigenvalue weighted by molar-refractivity contribution is 5.81. The van der Waals surface area contributed by atoms with E-state index in [1.807, 2.05) is 43.9 Å². The van der Waals surface area contributed by atoms with Gasteiger partial charge < -0.3 is 14.4 Å². The van der Waals surface area contributed by atoms with Crippen molar-refractivity contribution >= 4 is 5.91 Å². The van der Waals surface area contributed by atoms with Gasteiger partial charge in [0.15, 0.2) is 6.10 Å². The van der Waals surface area contributed by atoms with Crippen molar-refractivity contribution in [1.29, 1.82) is 0 Å². The number of benzene rings is 1. The molecule has 0 radical (unpaired) electrons. The van der Waals surface area contributed by atoms with Crippen LogP contribution in [0, 0.1) is 13.8 Å². The molecule has 0 aliphatic carbocycles. The molecule has 4 nitrogen and oxygen atoms in total. The minimum atomic E-state index is -0.409. The van der Waals surface area contributed by atoms with E-state index >= 15 is 0 Å². The molecule has 0 spiro atoms. The van der Waals surface area contributed by atoms with Crippen LogP contribution in [-0.4, -0.2) is 43.2 Å². The predicted octanol–water partition coefficient (Wildman–Crippen LogP) is 2.32. The second-order valence-electron chi connectivity index (χ2n) is 5.15. The number of ether oxygens (including phenoxy) is 2. The van der Waals surface area contributed by atoms with E-state index in [-0.39, 0.29) is 5.91 Å². The van der Waals surface area contributed by atoms with Crippen molar-refractivity contribution in [1.82, 2.24) is 4.90 Å². The Labute approximate surface area is 120 Å². The first-order chi connectivity index (χ1) is 9.63. The Morgan fingerprint density at radius 2 is 2.05 bits per heavy atom. The van der Waals surface area contributed by atoms with Crippen molar-refractivity contribution < 1.29 is 14.3 Å². The molecule has 0 N–H and O–H groups in total. The predicted molar refractivity (Wildman–Crippen MR) is 78.0 cm³/mol. The summed E-state index contributed by atoms with van der Waals surface area (Å²) in [5.41, 5.74) is 2.27. The van der Waals surface area contributed by atoms with Gasteiger partial charge in [0, 0.05) is 13.1 Å². The van der Waals surface area contributed by atoms with Crippen LogP contribution in [0.15, 0.2) is 18.2 Å². The zero-order chi connectivity index (χ0) is 14.5. The highest BCUT2D eigenvalue weighted by atomic mass is 16.5. The van der Waals surface area contributed by atoms with Crippen LogP contribution in [0.4, 0.5) is 0 Å². The summed E-state index contributed by atoms with van der Waals surface area (Å²) in [5, 5.41) is 0. The number of hydrogen-bond donors (Lipinski definition) is 0. The zero-order valence-electron chi connectivity index (χ0n) is 12.5. The smallest absolute Gasteiger partial charge is 0.263 e. The Kier molecular flexibility index (Phi) is 5.01. The van der Waals surface area contributed by atoms with Crippen molar-refractivity contribution in [2.45, 2.75) is 33.3 Å². The maximum Gasteiger partial charge on any atom is 0.263 e. The molecule has 4 heteroatoms. The summed E-state index contributed by atoms with van der Waals surface area (Å²) >= 11 is 0. The molecule has 1 aliphatic heterocycles. The second kappa shape index (κ2) is 6.75. The lowest BCUT2D eigenvalue weighted by atomic mass is 10.1. The van der Waals surface area contributed by atoms with Gasteiger partial charge in [-0.3, -0.25) is 4.79 Å². The largest absolute Gasteiger partial charge is 0.480 e. The van der Waals surface area contributed by atoms with Gasteiger partial charge in [0.1, 0.15) is 5.75 Å². The third-order valence-corrected chi connectivity index (χ3v) is 3.79. The maximum absolute atomic E-state index is 12.5. The molecule has 0 aromatic heterocycles. The van der Waals surface area contributed by atoms with E-state index in [4.69, 9.17) is 9.47 Å². The normalized spacial score (nSPS) is 16.9. The topological polar surface area (TPSA) is 38.8 Å². The van der Waals surface area contributed by atoms with Gasteiger partial charge in [0.25, 0.3) is 5.91 Å². The van der Waals surface area contributed by atoms with Crippen molar-refractivity contribution in [3.8, 4) is 5.75 Å². The first-order valence-corrected chi connectivity index (χ1v) is 7.23. The minimum absolute atomic E-state index is 0.0664. The number of nitrogens with zero attached hydrogens (tertiary/aromatic N) is 1. The van der Waals surface area contributed by atoms with Crippen LogP contribution in [0.2, 0.25) is 0 Å². The van der Waals surface area contributed by atoms with E-state index in [9.17, 15) is 4.79 Å². The molecule has 1 aromatic carbocycles. The lowest BCUT2D eigenvalue weighted by Crippen LogP contribution is -2.47. The van der Waals surface area contributed by atoms with Crippen LogP contribution >= 0.6 is 0 Å². The number of carbonyl (C=O) groups excluding carboxylic acids is 1. The highest BCUT2D eigenvalue weighted by Gasteiger charge is 2.26. The Morgan fingerprint density at radius 1 is 1.35 bits per heavy atom. The van der Waals surface area contributed by atoms with Crippen molar-refractivity contribution in [3.63, 3.8) is 0 Å². The number of rotatable bonds is 4. The van der Waals surface area contributed by atoms with Gasteiger partial charge in [0.05, 0.1) is 13.2 Å². The van der Waals surface area contributed by atoms with Gasteiger partial charge in [-0.05, 0) is 37.5 Å². The monoisotopic (exact) mass is 277 g/mol. The Bertz CT molecular complexity index is 467. The molecule has 110 valence electrons. The number of amides is 1. The minimum Gasteiger partial charge on any atom is -0.480 e. The SMILES string of the molecule is CCC(Oc1cccc(C)c1C)C(=O)N1CCOCC1. The number of carbonyl (C=O) groups is 1. The summed E-state index contributed by atoms with van der Waals surface area (Å²) in [5.74, 6) is 0.871. The molecule has 1 unspecified atom stereocenters. The first-order valence-electron chi connectivity index (χ1n) is 7.23. The molecule has 0 saturated carbocycles. The van der Waals surface area contributed by atoms with E-state index in [1.54, 1.807) is 0 Å². The third-order valence-electron chi connectivity index (χ3n) is 3.79. The Morgan fingerprint density at radius 3 is 2.70 bits per heavy atom. The lowest BCUT2D eigenvalue weighted by Gasteiger charge is -2.30. The summed E-state index contributed by atoms with van der Waals surface area (Å²) in [6, 6.07) is 5.94. The molecule has 1 heterocycles. The second-order valence-corrected chi connectivity index (χ2v) is 5.15. The van der Waals surface area contributed by atoms with Crippen LogP contribution in [0.25, 0.3) is 0 Å². The molecule has 20 heavy (non-hydrogen) atoms. The van der Waals surface area contributed by atoms with Gasteiger partial charge in [-0.1, -0.05) is 19.1 Å². The molecule has 0 bridgehead atoms. The summed E-state index contributed by atoms with van der Waals surface area (Å²) < 4.78 is 11.2. The average Bonchev–Trinajstić information content (AvgIpc) is 2.49. The van der Waals surface area contributed by atoms with Gasteiger partial charge in [0.2, 0.25) is 0 Å². The summed E-state index contributed by atoms with van der Waals surface area (Å²) in [6.07, 6.45) is 0.262. The maximum atomic E-state index is 12.5. The fourth-order valence-corrected chi connectivity index (χ4v) is 2.30. The van der Waals surface area contributed by atoms with Crippen molar-refractivity contribution in [2.24, 2.45) is 0 Å². The molecule has 1 fully saturated rings. The van der Waals surface area contributed by atoms with Crippen molar-refractivity contribution in [2.75, 3.05) is 26.3 Å². The van der Waals surface area contributed by atoms with E-state index in [0.29, 0.717) is 32.7 Å². The van der Waals surface area contributed by atoms with E-state index in [0.717, 1.165) is 11.3 Å². The van der Waals surface area contributed by atoms with Crippen LogP contribution < -0.4 is 4.74 Å². The molecular formula is C16H23NO3. The summed E-state index contributed by atoms with van der Waals surface area (Å²) in [7, 11) is 0. The van der Waals surface area contributed by atoms with Crippen molar-refractivity contribution in [3.05, 3.63) is 29.3 Å². The quantitative estimate of drug-likeness (QED) is 0.848. The first kappa shape index (κ1) is 14.9. The molecular weight excluding hydrogens is 254 g/mol. The molecule has 1 atom stereocenters. The van der Waals surface area contributed by atoms with Gasteiger partial charge in [-0.15, -0.1) is 0 Å². The molecule has 1 saturated heterocycles. The zero-order valence-corrected chi connectivity index (χ0v) is 12.5. The molecule has 1 aliphatic rings. The summed E-state index contributed by atoms with van der Waals surface area (Å²) in [4.78, 5) is 14.3. The Hall–Kier alpha value is -1.55. The molecule has 2 rings (SSSR count). The molecule has 1 amide bonds. The van der Waals surface area contributed by atoms with E-state index < -0.39 is 6.10 Å². The highest BCUT2D eigenvalue weighted by Crippen LogP contribution is 2.23. The Balaban J connectivity index is 2.08. The van der Waals surface area contributed by atoms with Crippen LogP contribution in [0.1, 0.15) is 24.5 Å². The fourth-order valence-electron chi connectivity index (χ4n) is 2.30. The van der Waals surface area contributed by atoms with Crippen LogP contribution in [0.3, 0.4) is 0 Å². The summed E-state index contributed by atoms with van der Waals surface area (Å²) in [6.45, 7) is 8.60. The average molecular weight is 277 g/mol. The van der Waals surface area contributed by atoms with E-state index in [2.05, 4.69) is 0 Å². The third kappa shape index (κ3) is 3.31. The van der Waals surface area contributed by atoms with Crippen LogP contribution in [0.5, 0.6) is 5.75 Å². The number of morpholine rings is 1. The number of aryl methyl sites for hydroxylation is 1. The lowest BCUT2D eigenvalue weighted by molar-refractivity contribution is -0.143. The van der Waals surface area contributed by atoms with Gasteiger partial charge in [-0.2, -0.15) is 0 Å². The number of hydrogen-bond acceptors (Lipinski definition) is 3.